The Morgan fingerprint density at radius 1 is 0.939 bits per heavy atom. The van der Waals surface area contributed by atoms with Gasteiger partial charge in [-0.15, -0.1) is 11.3 Å². The summed E-state index contributed by atoms with van der Waals surface area (Å²) in [6.07, 6.45) is 0.515. The molecule has 0 unspecified atom stereocenters. The molecule has 0 saturated heterocycles. The summed E-state index contributed by atoms with van der Waals surface area (Å²) in [6, 6.07) is 22.1. The molecule has 1 N–H and O–H groups in total. The predicted octanol–water partition coefficient (Wildman–Crippen LogP) is 5.36. The SMILES string of the molecule is COC(=O)[C@@H]1Cc2cc(OC)c(OC)cc2[C@H](c2c(-c3ccccc3)sc3ccccc23)N1. The largest absolute Gasteiger partial charge is 0.493 e. The van der Waals surface area contributed by atoms with Crippen LogP contribution in [0.2, 0.25) is 0 Å². The molecule has 0 aliphatic carbocycles. The molecule has 5 rings (SSSR count). The van der Waals surface area contributed by atoms with Crippen LogP contribution in [0, 0.1) is 0 Å². The number of carbonyl (C=O) groups is 1. The number of esters is 1. The molecular weight excluding hydrogens is 434 g/mol. The van der Waals surface area contributed by atoms with Gasteiger partial charge in [0.15, 0.2) is 11.5 Å². The zero-order valence-corrected chi connectivity index (χ0v) is 19.6. The fourth-order valence-electron chi connectivity index (χ4n) is 4.64. The van der Waals surface area contributed by atoms with E-state index in [1.165, 1.54) is 22.1 Å². The van der Waals surface area contributed by atoms with Crippen molar-refractivity contribution in [1.82, 2.24) is 5.32 Å². The van der Waals surface area contributed by atoms with Crippen LogP contribution >= 0.6 is 11.3 Å². The van der Waals surface area contributed by atoms with E-state index >= 15 is 0 Å². The Bertz CT molecular complexity index is 1310. The lowest BCUT2D eigenvalue weighted by atomic mass is 9.84. The summed E-state index contributed by atoms with van der Waals surface area (Å²) < 4.78 is 17.5. The van der Waals surface area contributed by atoms with Crippen molar-refractivity contribution in [2.45, 2.75) is 18.5 Å². The van der Waals surface area contributed by atoms with Crippen LogP contribution in [-0.2, 0) is 16.0 Å². The molecule has 168 valence electrons. The molecule has 3 aromatic carbocycles. The van der Waals surface area contributed by atoms with Gasteiger partial charge >= 0.3 is 5.97 Å². The molecule has 6 heteroatoms. The van der Waals surface area contributed by atoms with Crippen molar-refractivity contribution in [3.05, 3.63) is 83.4 Å². The van der Waals surface area contributed by atoms with Gasteiger partial charge < -0.3 is 14.2 Å². The van der Waals surface area contributed by atoms with Crippen molar-refractivity contribution < 1.29 is 19.0 Å². The highest BCUT2D eigenvalue weighted by atomic mass is 32.1. The zero-order valence-electron chi connectivity index (χ0n) is 18.8. The van der Waals surface area contributed by atoms with Crippen molar-refractivity contribution in [2.24, 2.45) is 0 Å². The Morgan fingerprint density at radius 3 is 2.36 bits per heavy atom. The van der Waals surface area contributed by atoms with Crippen LogP contribution in [0.25, 0.3) is 20.5 Å². The normalized spacial score (nSPS) is 17.4. The van der Waals surface area contributed by atoms with Gasteiger partial charge in [-0.25, -0.2) is 0 Å². The number of hydrogen-bond donors (Lipinski definition) is 1. The summed E-state index contributed by atoms with van der Waals surface area (Å²) in [6.45, 7) is 0. The highest BCUT2D eigenvalue weighted by Gasteiger charge is 2.35. The zero-order chi connectivity index (χ0) is 22.9. The fraction of sp³-hybridized carbons (Fsp3) is 0.222. The lowest BCUT2D eigenvalue weighted by molar-refractivity contribution is -0.143. The summed E-state index contributed by atoms with van der Waals surface area (Å²) in [4.78, 5) is 13.8. The van der Waals surface area contributed by atoms with Crippen molar-refractivity contribution in [1.29, 1.82) is 0 Å². The number of rotatable bonds is 5. The van der Waals surface area contributed by atoms with E-state index in [0.29, 0.717) is 17.9 Å². The predicted molar refractivity (Wildman–Crippen MR) is 131 cm³/mol. The molecule has 1 aromatic heterocycles. The van der Waals surface area contributed by atoms with Crippen LogP contribution in [0.3, 0.4) is 0 Å². The molecule has 4 aromatic rings. The van der Waals surface area contributed by atoms with E-state index in [1.54, 1.807) is 25.6 Å². The third-order valence-corrected chi connectivity index (χ3v) is 7.43. The first-order valence-corrected chi connectivity index (χ1v) is 11.6. The molecular formula is C27H25NO4S. The van der Waals surface area contributed by atoms with E-state index < -0.39 is 6.04 Å². The Labute approximate surface area is 196 Å². The highest BCUT2D eigenvalue weighted by molar-refractivity contribution is 7.22. The van der Waals surface area contributed by atoms with Gasteiger partial charge in [-0.1, -0.05) is 48.5 Å². The fourth-order valence-corrected chi connectivity index (χ4v) is 5.89. The highest BCUT2D eigenvalue weighted by Crippen LogP contribution is 2.47. The number of fused-ring (bicyclic) bond motifs is 2. The second kappa shape index (κ2) is 8.89. The maximum atomic E-state index is 12.6. The van der Waals surface area contributed by atoms with Crippen molar-refractivity contribution in [2.75, 3.05) is 21.3 Å². The summed E-state index contributed by atoms with van der Waals surface area (Å²) >= 11 is 1.77. The van der Waals surface area contributed by atoms with Crippen molar-refractivity contribution >= 4 is 27.4 Å². The minimum atomic E-state index is -0.465. The van der Waals surface area contributed by atoms with Crippen LogP contribution < -0.4 is 14.8 Å². The second-order valence-electron chi connectivity index (χ2n) is 7.99. The number of hydrogen-bond acceptors (Lipinski definition) is 6. The minimum Gasteiger partial charge on any atom is -0.493 e. The van der Waals surface area contributed by atoms with Crippen LogP contribution in [0.4, 0.5) is 0 Å². The Hall–Kier alpha value is -3.35. The first-order valence-electron chi connectivity index (χ1n) is 10.8. The Balaban J connectivity index is 1.78. The van der Waals surface area contributed by atoms with Gasteiger partial charge in [0, 0.05) is 15.1 Å². The Kier molecular flexibility index (Phi) is 5.79. The summed E-state index contributed by atoms with van der Waals surface area (Å²) in [5.74, 6) is 1.04. The monoisotopic (exact) mass is 459 g/mol. The minimum absolute atomic E-state index is 0.219. The molecule has 0 saturated carbocycles. The third kappa shape index (κ3) is 3.75. The lowest BCUT2D eigenvalue weighted by Crippen LogP contribution is -2.45. The molecule has 0 fully saturated rings. The van der Waals surface area contributed by atoms with E-state index in [9.17, 15) is 4.79 Å². The van der Waals surface area contributed by atoms with Crippen LogP contribution in [0.15, 0.2) is 66.7 Å². The molecule has 0 spiro atoms. The second-order valence-corrected chi connectivity index (χ2v) is 9.04. The van der Waals surface area contributed by atoms with Crippen molar-refractivity contribution in [3.8, 4) is 21.9 Å². The van der Waals surface area contributed by atoms with E-state index in [2.05, 4.69) is 53.8 Å². The topological polar surface area (TPSA) is 56.8 Å². The van der Waals surface area contributed by atoms with Gasteiger partial charge in [0.1, 0.15) is 6.04 Å². The molecule has 0 radical (unpaired) electrons. The van der Waals surface area contributed by atoms with E-state index in [4.69, 9.17) is 14.2 Å². The maximum Gasteiger partial charge on any atom is 0.323 e. The van der Waals surface area contributed by atoms with Crippen molar-refractivity contribution in [3.63, 3.8) is 0 Å². The quantitative estimate of drug-likeness (QED) is 0.407. The summed E-state index contributed by atoms with van der Waals surface area (Å²) in [5.41, 5.74) is 4.43. The smallest absolute Gasteiger partial charge is 0.323 e. The standard InChI is InChI=1S/C27H25NO4S/c1-30-21-14-17-13-20(27(29)32-3)28-25(19(17)15-22(21)31-2)24-18-11-7-8-12-23(18)33-26(24)16-9-5-4-6-10-16/h4-12,14-15,20,25,28H,13H2,1-3H3/t20-,25+/m0/s1. The first-order chi connectivity index (χ1) is 16.1. The summed E-state index contributed by atoms with van der Waals surface area (Å²) in [5, 5.41) is 4.76. The molecule has 1 aliphatic rings. The number of carbonyl (C=O) groups excluding carboxylic acids is 1. The van der Waals surface area contributed by atoms with Crippen LogP contribution in [-0.4, -0.2) is 33.3 Å². The third-order valence-electron chi connectivity index (χ3n) is 6.19. The Morgan fingerprint density at radius 2 is 1.64 bits per heavy atom. The number of ether oxygens (including phenoxy) is 3. The molecule has 33 heavy (non-hydrogen) atoms. The molecule has 5 nitrogen and oxygen atoms in total. The molecule has 0 bridgehead atoms. The number of nitrogens with one attached hydrogen (secondary N) is 1. The van der Waals surface area contributed by atoms with Gasteiger partial charge in [0.2, 0.25) is 0 Å². The number of thiophene rings is 1. The first kappa shape index (κ1) is 21.5. The van der Waals surface area contributed by atoms with E-state index in [1.807, 2.05) is 18.2 Å². The van der Waals surface area contributed by atoms with E-state index in [0.717, 1.165) is 22.3 Å². The van der Waals surface area contributed by atoms with Gasteiger partial charge in [0.05, 0.1) is 27.4 Å². The van der Waals surface area contributed by atoms with Gasteiger partial charge in [-0.05, 0) is 46.7 Å². The molecule has 0 amide bonds. The van der Waals surface area contributed by atoms with Gasteiger partial charge in [-0.3, -0.25) is 10.1 Å². The van der Waals surface area contributed by atoms with Crippen LogP contribution in [0.1, 0.15) is 22.7 Å². The summed E-state index contributed by atoms with van der Waals surface area (Å²) in [7, 11) is 4.70. The maximum absolute atomic E-state index is 12.6. The number of benzene rings is 3. The number of methoxy groups -OCH3 is 3. The molecule has 1 aliphatic heterocycles. The molecule has 2 heterocycles. The molecule has 2 atom stereocenters. The average Bonchev–Trinajstić information content (AvgIpc) is 3.26. The lowest BCUT2D eigenvalue weighted by Gasteiger charge is -2.33. The van der Waals surface area contributed by atoms with Gasteiger partial charge in [0.25, 0.3) is 0 Å². The van der Waals surface area contributed by atoms with Crippen LogP contribution in [0.5, 0.6) is 11.5 Å². The van der Waals surface area contributed by atoms with Gasteiger partial charge in [-0.2, -0.15) is 0 Å². The average molecular weight is 460 g/mol. The van der Waals surface area contributed by atoms with E-state index in [-0.39, 0.29) is 12.0 Å².